The molecule has 0 bridgehead atoms. The molecule has 1 amide bonds. The highest BCUT2D eigenvalue weighted by atomic mass is 16.6. The van der Waals surface area contributed by atoms with Crippen molar-refractivity contribution in [2.75, 3.05) is 13.2 Å². The van der Waals surface area contributed by atoms with Gasteiger partial charge in [-0.2, -0.15) is 0 Å². The van der Waals surface area contributed by atoms with Crippen molar-refractivity contribution in [3.05, 3.63) is 71.8 Å². The largest absolute Gasteiger partial charge is 0.486 e. The van der Waals surface area contributed by atoms with E-state index in [4.69, 9.17) is 9.47 Å². The Morgan fingerprint density at radius 2 is 1.77 bits per heavy atom. The molecule has 1 unspecified atom stereocenters. The van der Waals surface area contributed by atoms with Crippen molar-refractivity contribution in [2.45, 2.75) is 19.4 Å². The highest BCUT2D eigenvalue weighted by Crippen LogP contribution is 2.31. The normalized spacial score (nSPS) is 14.0. The fourth-order valence-corrected chi connectivity index (χ4v) is 3.38. The van der Waals surface area contributed by atoms with Gasteiger partial charge in [0.25, 0.3) is 0 Å². The van der Waals surface area contributed by atoms with Crippen molar-refractivity contribution in [1.29, 1.82) is 0 Å². The van der Waals surface area contributed by atoms with E-state index >= 15 is 0 Å². The Balaban J connectivity index is 1.47. The molecule has 132 valence electrons. The average molecular weight is 347 g/mol. The minimum atomic E-state index is -0.0641. The van der Waals surface area contributed by atoms with Gasteiger partial charge in [-0.15, -0.1) is 0 Å². The summed E-state index contributed by atoms with van der Waals surface area (Å²) in [5.74, 6) is 1.44. The molecule has 26 heavy (non-hydrogen) atoms. The monoisotopic (exact) mass is 347 g/mol. The molecule has 0 saturated heterocycles. The molecule has 3 aromatic carbocycles. The van der Waals surface area contributed by atoms with Crippen LogP contribution in [0.3, 0.4) is 0 Å². The van der Waals surface area contributed by atoms with E-state index in [2.05, 4.69) is 29.6 Å². The molecule has 0 radical (unpaired) electrons. The Morgan fingerprint density at radius 1 is 1.00 bits per heavy atom. The summed E-state index contributed by atoms with van der Waals surface area (Å²) in [6.45, 7) is 3.12. The van der Waals surface area contributed by atoms with Gasteiger partial charge in [-0.05, 0) is 41.0 Å². The summed E-state index contributed by atoms with van der Waals surface area (Å²) < 4.78 is 11.1. The molecule has 1 aliphatic rings. The van der Waals surface area contributed by atoms with Crippen LogP contribution in [0.25, 0.3) is 10.8 Å². The van der Waals surface area contributed by atoms with E-state index in [1.54, 1.807) is 0 Å². The third kappa shape index (κ3) is 3.36. The van der Waals surface area contributed by atoms with Crippen LogP contribution in [0.1, 0.15) is 24.1 Å². The van der Waals surface area contributed by atoms with Gasteiger partial charge in [0, 0.05) is 0 Å². The van der Waals surface area contributed by atoms with Crippen LogP contribution in [-0.4, -0.2) is 19.1 Å². The minimum absolute atomic E-state index is 0.0119. The first kappa shape index (κ1) is 16.5. The van der Waals surface area contributed by atoms with Crippen molar-refractivity contribution < 1.29 is 14.3 Å². The number of ether oxygens (including phenoxy) is 2. The predicted octanol–water partition coefficient (Wildman–Crippen LogP) is 4.03. The lowest BCUT2D eigenvalue weighted by Crippen LogP contribution is -2.28. The Morgan fingerprint density at radius 3 is 2.65 bits per heavy atom. The van der Waals surface area contributed by atoms with Gasteiger partial charge in [-0.1, -0.05) is 48.5 Å². The summed E-state index contributed by atoms with van der Waals surface area (Å²) in [5.41, 5.74) is 2.04. The molecule has 0 spiro atoms. The quantitative estimate of drug-likeness (QED) is 0.775. The lowest BCUT2D eigenvalue weighted by atomic mass is 9.99. The summed E-state index contributed by atoms with van der Waals surface area (Å²) in [4.78, 5) is 12.5. The zero-order valence-corrected chi connectivity index (χ0v) is 14.7. The zero-order valence-electron chi connectivity index (χ0n) is 14.7. The van der Waals surface area contributed by atoms with Crippen LogP contribution in [0.4, 0.5) is 0 Å². The summed E-state index contributed by atoms with van der Waals surface area (Å²) in [6.07, 6.45) is 0.311. The van der Waals surface area contributed by atoms with E-state index in [1.165, 1.54) is 10.8 Å². The van der Waals surface area contributed by atoms with E-state index in [-0.39, 0.29) is 11.9 Å². The maximum Gasteiger partial charge on any atom is 0.224 e. The molecule has 0 aliphatic carbocycles. The maximum absolute atomic E-state index is 12.5. The number of hydrogen-bond acceptors (Lipinski definition) is 3. The first-order chi connectivity index (χ1) is 12.7. The van der Waals surface area contributed by atoms with E-state index in [0.717, 1.165) is 16.9 Å². The number of hydrogen-bond donors (Lipinski definition) is 1. The Kier molecular flexibility index (Phi) is 4.48. The predicted molar refractivity (Wildman–Crippen MR) is 102 cm³/mol. The highest BCUT2D eigenvalue weighted by molar-refractivity contribution is 5.87. The number of carbonyl (C=O) groups excluding carboxylic acids is 1. The van der Waals surface area contributed by atoms with Gasteiger partial charge in [-0.3, -0.25) is 4.79 Å². The molecule has 1 atom stereocenters. The zero-order chi connectivity index (χ0) is 17.9. The lowest BCUT2D eigenvalue weighted by molar-refractivity contribution is -0.121. The molecule has 4 nitrogen and oxygen atoms in total. The summed E-state index contributed by atoms with van der Waals surface area (Å²) >= 11 is 0. The maximum atomic E-state index is 12.5. The lowest BCUT2D eigenvalue weighted by Gasteiger charge is -2.19. The van der Waals surface area contributed by atoms with Crippen LogP contribution in [0, 0.1) is 0 Å². The van der Waals surface area contributed by atoms with Crippen molar-refractivity contribution in [3.8, 4) is 11.5 Å². The molecule has 0 saturated carbocycles. The Bertz CT molecular complexity index is 946. The van der Waals surface area contributed by atoms with Crippen LogP contribution in [0.2, 0.25) is 0 Å². The van der Waals surface area contributed by atoms with Gasteiger partial charge in [-0.25, -0.2) is 0 Å². The fourth-order valence-electron chi connectivity index (χ4n) is 3.38. The minimum Gasteiger partial charge on any atom is -0.486 e. The number of carbonyl (C=O) groups is 1. The summed E-state index contributed by atoms with van der Waals surface area (Å²) in [7, 11) is 0. The Hall–Kier alpha value is -3.01. The molecular weight excluding hydrogens is 326 g/mol. The van der Waals surface area contributed by atoms with Gasteiger partial charge in [0.2, 0.25) is 5.91 Å². The van der Waals surface area contributed by atoms with E-state index < -0.39 is 0 Å². The summed E-state index contributed by atoms with van der Waals surface area (Å²) in [6, 6.07) is 20.0. The van der Waals surface area contributed by atoms with Crippen molar-refractivity contribution >= 4 is 16.7 Å². The third-order valence-electron chi connectivity index (χ3n) is 4.64. The van der Waals surface area contributed by atoms with E-state index in [9.17, 15) is 4.79 Å². The molecule has 4 heteroatoms. The van der Waals surface area contributed by atoms with Gasteiger partial charge in [0.05, 0.1) is 12.5 Å². The smallest absolute Gasteiger partial charge is 0.224 e. The Labute approximate surface area is 152 Å². The van der Waals surface area contributed by atoms with Crippen molar-refractivity contribution in [3.63, 3.8) is 0 Å². The second-order valence-corrected chi connectivity index (χ2v) is 6.51. The van der Waals surface area contributed by atoms with Crippen molar-refractivity contribution in [2.24, 2.45) is 0 Å². The van der Waals surface area contributed by atoms with Gasteiger partial charge in [0.15, 0.2) is 11.5 Å². The van der Waals surface area contributed by atoms with Crippen molar-refractivity contribution in [1.82, 2.24) is 5.32 Å². The molecule has 1 aliphatic heterocycles. The topological polar surface area (TPSA) is 47.6 Å². The number of rotatable bonds is 4. The first-order valence-corrected chi connectivity index (χ1v) is 8.86. The third-order valence-corrected chi connectivity index (χ3v) is 4.64. The molecule has 0 fully saturated rings. The molecule has 1 N–H and O–H groups in total. The highest BCUT2D eigenvalue weighted by Gasteiger charge is 2.15. The molecular formula is C22H21NO3. The number of benzene rings is 3. The second-order valence-electron chi connectivity index (χ2n) is 6.51. The second kappa shape index (κ2) is 7.08. The molecule has 3 aromatic rings. The number of fused-ring (bicyclic) bond motifs is 2. The summed E-state index contributed by atoms with van der Waals surface area (Å²) in [5, 5.41) is 5.45. The van der Waals surface area contributed by atoms with Gasteiger partial charge >= 0.3 is 0 Å². The fraction of sp³-hybridized carbons (Fsp3) is 0.227. The van der Waals surface area contributed by atoms with Crippen LogP contribution >= 0.6 is 0 Å². The van der Waals surface area contributed by atoms with Crippen LogP contribution in [0.15, 0.2) is 60.7 Å². The average Bonchev–Trinajstić information content (AvgIpc) is 2.67. The standard InChI is InChI=1S/C22H21NO3/c1-15(18-8-4-6-17-5-2-3-7-19(17)18)23-22(24)14-16-9-10-20-21(13-16)26-12-11-25-20/h2-10,13,15H,11-12,14H2,1H3,(H,23,24). The molecule has 4 rings (SSSR count). The van der Waals surface area contributed by atoms with E-state index in [1.807, 2.05) is 43.3 Å². The molecule has 0 aromatic heterocycles. The van der Waals surface area contributed by atoms with E-state index in [0.29, 0.717) is 25.4 Å². The van der Waals surface area contributed by atoms with Gasteiger partial charge in [0.1, 0.15) is 13.2 Å². The molecule has 1 heterocycles. The van der Waals surface area contributed by atoms with Crippen LogP contribution in [-0.2, 0) is 11.2 Å². The number of amides is 1. The first-order valence-electron chi connectivity index (χ1n) is 8.86. The van der Waals surface area contributed by atoms with Crippen LogP contribution in [0.5, 0.6) is 11.5 Å². The van der Waals surface area contributed by atoms with Crippen LogP contribution < -0.4 is 14.8 Å². The van der Waals surface area contributed by atoms with Gasteiger partial charge < -0.3 is 14.8 Å². The SMILES string of the molecule is CC(NC(=O)Cc1ccc2c(c1)OCCO2)c1cccc2ccccc12. The number of nitrogens with one attached hydrogen (secondary N) is 1.